The van der Waals surface area contributed by atoms with Crippen LogP contribution in [0.25, 0.3) is 21.5 Å². The number of fused-ring (bicyclic) bond motifs is 2. The van der Waals surface area contributed by atoms with Gasteiger partial charge in [0.1, 0.15) is 9.79 Å². The quantitative estimate of drug-likeness (QED) is 0.126. The van der Waals surface area contributed by atoms with Gasteiger partial charge in [0.25, 0.3) is 10.1 Å². The van der Waals surface area contributed by atoms with Gasteiger partial charge in [0, 0.05) is 21.5 Å². The highest BCUT2D eigenvalue weighted by Gasteiger charge is 2.36. The highest BCUT2D eigenvalue weighted by Crippen LogP contribution is 2.48. The number of hydrogen-bond donors (Lipinski definition) is 1. The molecule has 0 aliphatic heterocycles. The lowest BCUT2D eigenvalue weighted by Crippen LogP contribution is -2.19. The van der Waals surface area contributed by atoms with E-state index in [4.69, 9.17) is 4.18 Å². The first-order valence-electron chi connectivity index (χ1n) is 15.8. The van der Waals surface area contributed by atoms with Gasteiger partial charge in [-0.05, 0) is 73.0 Å². The molecule has 3 aliphatic carbocycles. The van der Waals surface area contributed by atoms with E-state index in [9.17, 15) is 21.4 Å². The monoisotopic (exact) mass is 618 g/mol. The second kappa shape index (κ2) is 11.2. The Morgan fingerprint density at radius 1 is 0.558 bits per heavy atom. The summed E-state index contributed by atoms with van der Waals surface area (Å²) in [4.78, 5) is 0.0859. The van der Waals surface area contributed by atoms with Crippen molar-refractivity contribution in [2.45, 2.75) is 105 Å². The average molecular weight is 619 g/mol. The van der Waals surface area contributed by atoms with Crippen molar-refractivity contribution in [3.63, 3.8) is 0 Å². The van der Waals surface area contributed by atoms with E-state index in [2.05, 4.69) is 12.1 Å². The third kappa shape index (κ3) is 5.25. The molecule has 7 rings (SSSR count). The standard InChI is InChI=1S/C35H38O6S2/c36-42(37,38)34-29-19-9-7-17-27(29)33(28-18-8-10-20-30(28)34)41-43(39,40)35-31(24-13-3-4-14-24)21-26(23-11-1-2-12-23)22-32(35)25-15-5-6-16-25/h7-10,17-25H,1-6,11-16H2,(H,36,37,38). The van der Waals surface area contributed by atoms with Crippen molar-refractivity contribution < 1.29 is 25.6 Å². The van der Waals surface area contributed by atoms with Crippen LogP contribution in [0.5, 0.6) is 5.75 Å². The summed E-state index contributed by atoms with van der Waals surface area (Å²) in [6, 6.07) is 17.6. The fourth-order valence-electron chi connectivity index (χ4n) is 8.13. The molecule has 0 saturated heterocycles. The molecule has 4 aromatic carbocycles. The second-order valence-corrected chi connectivity index (χ2v) is 15.6. The molecule has 0 unspecified atom stereocenters. The van der Waals surface area contributed by atoms with Crippen molar-refractivity contribution >= 4 is 41.8 Å². The lowest BCUT2D eigenvalue weighted by atomic mass is 9.85. The van der Waals surface area contributed by atoms with Gasteiger partial charge in [-0.3, -0.25) is 4.55 Å². The first-order valence-corrected chi connectivity index (χ1v) is 18.6. The van der Waals surface area contributed by atoms with E-state index in [0.717, 1.165) is 75.3 Å². The predicted molar refractivity (Wildman–Crippen MR) is 169 cm³/mol. The van der Waals surface area contributed by atoms with Gasteiger partial charge in [0.05, 0.1) is 0 Å². The summed E-state index contributed by atoms with van der Waals surface area (Å²) < 4.78 is 71.2. The summed E-state index contributed by atoms with van der Waals surface area (Å²) >= 11 is 0. The van der Waals surface area contributed by atoms with Crippen molar-refractivity contribution in [2.75, 3.05) is 0 Å². The summed E-state index contributed by atoms with van der Waals surface area (Å²) in [5.41, 5.74) is 3.10. The Morgan fingerprint density at radius 3 is 1.37 bits per heavy atom. The van der Waals surface area contributed by atoms with E-state index in [1.807, 2.05) is 0 Å². The molecule has 3 fully saturated rings. The van der Waals surface area contributed by atoms with E-state index in [1.165, 1.54) is 18.4 Å². The summed E-state index contributed by atoms with van der Waals surface area (Å²) in [6.07, 6.45) is 12.9. The minimum atomic E-state index is -4.62. The van der Waals surface area contributed by atoms with E-state index < -0.39 is 20.2 Å². The van der Waals surface area contributed by atoms with Crippen molar-refractivity contribution in [1.82, 2.24) is 0 Å². The van der Waals surface area contributed by atoms with Crippen LogP contribution < -0.4 is 4.18 Å². The Labute approximate surface area is 254 Å². The second-order valence-electron chi connectivity index (χ2n) is 12.7. The van der Waals surface area contributed by atoms with Gasteiger partial charge in [0.15, 0.2) is 5.75 Å². The zero-order chi connectivity index (χ0) is 29.8. The fraction of sp³-hybridized carbons (Fsp3) is 0.429. The topological polar surface area (TPSA) is 97.7 Å². The Bertz CT molecular complexity index is 1820. The Hall–Kier alpha value is -2.94. The van der Waals surface area contributed by atoms with Crippen molar-refractivity contribution in [3.8, 4) is 5.75 Å². The molecule has 8 heteroatoms. The van der Waals surface area contributed by atoms with E-state index in [-0.39, 0.29) is 33.3 Å². The first kappa shape index (κ1) is 28.8. The number of hydrogen-bond acceptors (Lipinski definition) is 5. The Balaban J connectivity index is 1.47. The SMILES string of the molecule is O=S(=O)(O)c1c2ccccc2c(OS(=O)(=O)c2c(C3CCCC3)cc(C3CCCC3)cc2C2CCCC2)c2ccccc12. The summed E-state index contributed by atoms with van der Waals surface area (Å²) in [5, 5.41) is 1.09. The molecule has 4 aromatic rings. The van der Waals surface area contributed by atoms with Crippen LogP contribution in [0, 0.1) is 0 Å². The maximum absolute atomic E-state index is 14.8. The zero-order valence-electron chi connectivity index (χ0n) is 24.3. The minimum Gasteiger partial charge on any atom is -0.378 e. The van der Waals surface area contributed by atoms with Crippen LogP contribution in [0.1, 0.15) is 111 Å². The number of benzene rings is 4. The Kier molecular flexibility index (Phi) is 7.51. The summed E-state index contributed by atoms with van der Waals surface area (Å²) in [5.74, 6) is 0.905. The predicted octanol–water partition coefficient (Wildman–Crippen LogP) is 8.98. The molecule has 43 heavy (non-hydrogen) atoms. The van der Waals surface area contributed by atoms with E-state index in [0.29, 0.717) is 21.6 Å². The molecule has 6 nitrogen and oxygen atoms in total. The lowest BCUT2D eigenvalue weighted by Gasteiger charge is -2.25. The van der Waals surface area contributed by atoms with Crippen LogP contribution in [0.15, 0.2) is 70.5 Å². The van der Waals surface area contributed by atoms with Crippen molar-refractivity contribution in [2.24, 2.45) is 0 Å². The minimum absolute atomic E-state index is 0.0909. The van der Waals surface area contributed by atoms with Gasteiger partial charge in [-0.25, -0.2) is 0 Å². The van der Waals surface area contributed by atoms with Crippen molar-refractivity contribution in [1.29, 1.82) is 0 Å². The molecule has 0 atom stereocenters. The normalized spacial score (nSPS) is 19.2. The van der Waals surface area contributed by atoms with Gasteiger partial charge >= 0.3 is 10.1 Å². The molecule has 0 radical (unpaired) electrons. The van der Waals surface area contributed by atoms with Crippen LogP contribution in [0.3, 0.4) is 0 Å². The molecule has 0 heterocycles. The molecule has 0 spiro atoms. The van der Waals surface area contributed by atoms with Gasteiger partial charge in [0.2, 0.25) is 0 Å². The highest BCUT2D eigenvalue weighted by atomic mass is 32.2. The van der Waals surface area contributed by atoms with Gasteiger partial charge in [-0.2, -0.15) is 16.8 Å². The lowest BCUT2D eigenvalue weighted by molar-refractivity contribution is 0.485. The third-order valence-corrected chi connectivity index (χ3v) is 12.4. The van der Waals surface area contributed by atoms with Crippen LogP contribution in [-0.4, -0.2) is 21.4 Å². The molecular formula is C35H38O6S2. The Morgan fingerprint density at radius 2 is 0.953 bits per heavy atom. The molecule has 1 N–H and O–H groups in total. The molecule has 226 valence electrons. The van der Waals surface area contributed by atoms with E-state index in [1.54, 1.807) is 48.5 Å². The van der Waals surface area contributed by atoms with Gasteiger partial charge < -0.3 is 4.18 Å². The third-order valence-electron chi connectivity index (χ3n) is 10.1. The largest absolute Gasteiger partial charge is 0.378 e. The first-order chi connectivity index (χ1) is 20.7. The molecule has 0 amide bonds. The molecular weight excluding hydrogens is 581 g/mol. The van der Waals surface area contributed by atoms with Gasteiger partial charge in [-0.1, -0.05) is 99.2 Å². The molecule has 3 aliphatic rings. The van der Waals surface area contributed by atoms with E-state index >= 15 is 0 Å². The van der Waals surface area contributed by atoms with Crippen molar-refractivity contribution in [3.05, 3.63) is 77.4 Å². The van der Waals surface area contributed by atoms with Crippen LogP contribution in [0.2, 0.25) is 0 Å². The fourth-order valence-corrected chi connectivity index (χ4v) is 10.6. The maximum Gasteiger partial charge on any atom is 0.339 e. The number of rotatable bonds is 7. The molecule has 0 aromatic heterocycles. The summed E-state index contributed by atoms with van der Waals surface area (Å²) in [7, 11) is -8.96. The zero-order valence-corrected chi connectivity index (χ0v) is 25.9. The smallest absolute Gasteiger partial charge is 0.339 e. The summed E-state index contributed by atoms with van der Waals surface area (Å²) in [6.45, 7) is 0. The van der Waals surface area contributed by atoms with Crippen LogP contribution in [0.4, 0.5) is 0 Å². The average Bonchev–Trinajstić information content (AvgIpc) is 3.80. The van der Waals surface area contributed by atoms with Crippen LogP contribution >= 0.6 is 0 Å². The molecule has 3 saturated carbocycles. The van der Waals surface area contributed by atoms with Gasteiger partial charge in [-0.15, -0.1) is 0 Å². The highest BCUT2D eigenvalue weighted by molar-refractivity contribution is 7.87. The maximum atomic E-state index is 14.8. The van der Waals surface area contributed by atoms with Crippen LogP contribution in [-0.2, 0) is 20.2 Å². The molecule has 0 bridgehead atoms.